The lowest BCUT2D eigenvalue weighted by atomic mass is 10.2. The topological polar surface area (TPSA) is 57.2 Å². The van der Waals surface area contributed by atoms with Crippen LogP contribution in [0.5, 0.6) is 0 Å². The second-order valence-electron chi connectivity index (χ2n) is 3.55. The Hall–Kier alpha value is -0.490. The zero-order valence-electron chi connectivity index (χ0n) is 7.94. The van der Waals surface area contributed by atoms with Crippen molar-refractivity contribution in [3.63, 3.8) is 0 Å². The standard InChI is InChI=1S/C9H15N3OS/c13-8-3-7(12-5-8)4-10-6-9-11-1-2-14-9/h1-2,7-8,10,12-13H,3-6H2. The molecule has 1 saturated heterocycles. The van der Waals surface area contributed by atoms with Gasteiger partial charge in [0.05, 0.1) is 6.10 Å². The van der Waals surface area contributed by atoms with Gasteiger partial charge in [0.15, 0.2) is 0 Å². The van der Waals surface area contributed by atoms with E-state index in [1.165, 1.54) is 0 Å². The number of aliphatic hydroxyl groups is 1. The first-order chi connectivity index (χ1) is 6.84. The summed E-state index contributed by atoms with van der Waals surface area (Å²) in [7, 11) is 0. The van der Waals surface area contributed by atoms with Gasteiger partial charge in [0.1, 0.15) is 5.01 Å². The van der Waals surface area contributed by atoms with Crippen LogP contribution >= 0.6 is 11.3 Å². The van der Waals surface area contributed by atoms with E-state index in [0.29, 0.717) is 6.04 Å². The summed E-state index contributed by atoms with van der Waals surface area (Å²) in [6.07, 6.45) is 2.51. The van der Waals surface area contributed by atoms with Gasteiger partial charge >= 0.3 is 0 Å². The number of rotatable bonds is 4. The van der Waals surface area contributed by atoms with Crippen LogP contribution in [0.25, 0.3) is 0 Å². The third kappa shape index (κ3) is 2.75. The monoisotopic (exact) mass is 213 g/mol. The Labute approximate surface area is 87.4 Å². The highest BCUT2D eigenvalue weighted by atomic mass is 32.1. The third-order valence-corrected chi connectivity index (χ3v) is 3.13. The molecule has 0 amide bonds. The summed E-state index contributed by atoms with van der Waals surface area (Å²) in [5.41, 5.74) is 0. The predicted octanol–water partition coefficient (Wildman–Crippen LogP) is -0.0445. The molecule has 0 aromatic carbocycles. The van der Waals surface area contributed by atoms with Crippen molar-refractivity contribution in [3.05, 3.63) is 16.6 Å². The Morgan fingerprint density at radius 2 is 2.64 bits per heavy atom. The molecule has 0 radical (unpaired) electrons. The van der Waals surface area contributed by atoms with Gasteiger partial charge < -0.3 is 15.7 Å². The van der Waals surface area contributed by atoms with Crippen LogP contribution < -0.4 is 10.6 Å². The lowest BCUT2D eigenvalue weighted by Gasteiger charge is -2.09. The molecule has 2 unspecified atom stereocenters. The number of nitrogens with one attached hydrogen (secondary N) is 2. The van der Waals surface area contributed by atoms with E-state index in [1.54, 1.807) is 11.3 Å². The number of β-amino-alcohol motifs (C(OH)–C–C–N with tert-alkyl or cyclic N) is 1. The van der Waals surface area contributed by atoms with E-state index in [1.807, 2.05) is 11.6 Å². The molecular formula is C9H15N3OS. The van der Waals surface area contributed by atoms with Gasteiger partial charge in [-0.1, -0.05) is 0 Å². The van der Waals surface area contributed by atoms with Crippen molar-refractivity contribution in [1.82, 2.24) is 15.6 Å². The van der Waals surface area contributed by atoms with Crippen molar-refractivity contribution in [1.29, 1.82) is 0 Å². The second-order valence-corrected chi connectivity index (χ2v) is 4.53. The summed E-state index contributed by atoms with van der Waals surface area (Å²) in [6.45, 7) is 2.45. The van der Waals surface area contributed by atoms with Crippen LogP contribution in [-0.4, -0.2) is 35.3 Å². The molecule has 14 heavy (non-hydrogen) atoms. The highest BCUT2D eigenvalue weighted by molar-refractivity contribution is 7.09. The normalized spacial score (nSPS) is 26.9. The Balaban J connectivity index is 1.64. The smallest absolute Gasteiger partial charge is 0.106 e. The zero-order valence-corrected chi connectivity index (χ0v) is 8.76. The summed E-state index contributed by atoms with van der Waals surface area (Å²) in [6, 6.07) is 0.407. The molecule has 2 heterocycles. The van der Waals surface area contributed by atoms with Gasteiger partial charge in [0.2, 0.25) is 0 Å². The number of thiazole rings is 1. The Morgan fingerprint density at radius 3 is 3.29 bits per heavy atom. The molecule has 2 atom stereocenters. The molecule has 1 aliphatic heterocycles. The fourth-order valence-corrected chi connectivity index (χ4v) is 2.23. The van der Waals surface area contributed by atoms with Crippen LogP contribution in [0.3, 0.4) is 0 Å². The summed E-state index contributed by atoms with van der Waals surface area (Å²) in [5.74, 6) is 0. The largest absolute Gasteiger partial charge is 0.392 e. The van der Waals surface area contributed by atoms with E-state index in [-0.39, 0.29) is 6.10 Å². The zero-order chi connectivity index (χ0) is 9.80. The van der Waals surface area contributed by atoms with Gasteiger partial charge in [-0.25, -0.2) is 4.98 Å². The molecule has 0 spiro atoms. The molecule has 1 fully saturated rings. The van der Waals surface area contributed by atoms with E-state index in [9.17, 15) is 5.11 Å². The molecule has 0 bridgehead atoms. The van der Waals surface area contributed by atoms with Crippen LogP contribution in [0.15, 0.2) is 11.6 Å². The van der Waals surface area contributed by atoms with Gasteiger partial charge in [0.25, 0.3) is 0 Å². The van der Waals surface area contributed by atoms with Crippen LogP contribution in [0.4, 0.5) is 0 Å². The minimum Gasteiger partial charge on any atom is -0.392 e. The van der Waals surface area contributed by atoms with Crippen molar-refractivity contribution in [2.24, 2.45) is 0 Å². The first kappa shape index (κ1) is 10.0. The van der Waals surface area contributed by atoms with Crippen LogP contribution in [0.1, 0.15) is 11.4 Å². The maximum Gasteiger partial charge on any atom is 0.106 e. The number of hydrogen-bond acceptors (Lipinski definition) is 5. The summed E-state index contributed by atoms with van der Waals surface area (Å²) < 4.78 is 0. The SMILES string of the molecule is OC1CNC(CNCc2nccs2)C1. The molecule has 78 valence electrons. The molecule has 2 rings (SSSR count). The van der Waals surface area contributed by atoms with Gasteiger partial charge in [-0.2, -0.15) is 0 Å². The van der Waals surface area contributed by atoms with E-state index in [2.05, 4.69) is 15.6 Å². The van der Waals surface area contributed by atoms with Gasteiger partial charge in [-0.05, 0) is 6.42 Å². The van der Waals surface area contributed by atoms with E-state index < -0.39 is 0 Å². The first-order valence-corrected chi connectivity index (χ1v) is 5.73. The second kappa shape index (κ2) is 4.84. The summed E-state index contributed by atoms with van der Waals surface area (Å²) in [5, 5.41) is 19.0. The average Bonchev–Trinajstić information content (AvgIpc) is 2.77. The van der Waals surface area contributed by atoms with Crippen LogP contribution in [-0.2, 0) is 6.54 Å². The predicted molar refractivity (Wildman–Crippen MR) is 56.2 cm³/mol. The molecule has 0 aliphatic carbocycles. The van der Waals surface area contributed by atoms with Crippen molar-refractivity contribution in [2.45, 2.75) is 25.1 Å². The quantitative estimate of drug-likeness (QED) is 0.656. The Kier molecular flexibility index (Phi) is 3.47. The van der Waals surface area contributed by atoms with E-state index in [0.717, 1.165) is 31.1 Å². The highest BCUT2D eigenvalue weighted by Gasteiger charge is 2.21. The van der Waals surface area contributed by atoms with Crippen molar-refractivity contribution in [3.8, 4) is 0 Å². The minimum absolute atomic E-state index is 0.165. The number of aliphatic hydroxyl groups excluding tert-OH is 1. The average molecular weight is 213 g/mol. The third-order valence-electron chi connectivity index (χ3n) is 2.35. The highest BCUT2D eigenvalue weighted by Crippen LogP contribution is 2.06. The van der Waals surface area contributed by atoms with Crippen LogP contribution in [0, 0.1) is 0 Å². The summed E-state index contributed by atoms with van der Waals surface area (Å²) >= 11 is 1.66. The Bertz CT molecular complexity index is 265. The van der Waals surface area contributed by atoms with Gasteiger partial charge in [-0.15, -0.1) is 11.3 Å². The molecule has 5 heteroatoms. The molecule has 4 nitrogen and oxygen atoms in total. The fourth-order valence-electron chi connectivity index (χ4n) is 1.65. The lowest BCUT2D eigenvalue weighted by Crippen LogP contribution is -2.33. The first-order valence-electron chi connectivity index (χ1n) is 4.85. The molecular weight excluding hydrogens is 198 g/mol. The molecule has 1 aromatic heterocycles. The van der Waals surface area contributed by atoms with Crippen molar-refractivity contribution >= 4 is 11.3 Å². The number of aromatic nitrogens is 1. The number of hydrogen-bond donors (Lipinski definition) is 3. The maximum absolute atomic E-state index is 9.28. The van der Waals surface area contributed by atoms with E-state index >= 15 is 0 Å². The Morgan fingerprint density at radius 1 is 1.71 bits per heavy atom. The van der Waals surface area contributed by atoms with Crippen LogP contribution in [0.2, 0.25) is 0 Å². The molecule has 3 N–H and O–H groups in total. The number of nitrogens with zero attached hydrogens (tertiary/aromatic N) is 1. The van der Waals surface area contributed by atoms with Crippen molar-refractivity contribution in [2.75, 3.05) is 13.1 Å². The lowest BCUT2D eigenvalue weighted by molar-refractivity contribution is 0.193. The minimum atomic E-state index is -0.165. The molecule has 1 aromatic rings. The fraction of sp³-hybridized carbons (Fsp3) is 0.667. The maximum atomic E-state index is 9.28. The molecule has 0 saturated carbocycles. The van der Waals surface area contributed by atoms with Crippen molar-refractivity contribution < 1.29 is 5.11 Å². The van der Waals surface area contributed by atoms with E-state index in [4.69, 9.17) is 0 Å². The van der Waals surface area contributed by atoms with Gasteiger partial charge in [0, 0.05) is 37.3 Å². The summed E-state index contributed by atoms with van der Waals surface area (Å²) in [4.78, 5) is 4.18. The van der Waals surface area contributed by atoms with Gasteiger partial charge in [-0.3, -0.25) is 0 Å². The molecule has 1 aliphatic rings.